The lowest BCUT2D eigenvalue weighted by Crippen LogP contribution is -2.02. The Morgan fingerprint density at radius 3 is 2.67 bits per heavy atom. The Morgan fingerprint density at radius 1 is 1.47 bits per heavy atom. The van der Waals surface area contributed by atoms with Crippen LogP contribution < -0.4 is 0 Å². The van der Waals surface area contributed by atoms with Crippen LogP contribution in [0, 0.1) is 11.3 Å². The third-order valence-corrected chi connectivity index (χ3v) is 2.25. The first-order valence-corrected chi connectivity index (χ1v) is 4.84. The lowest BCUT2D eigenvalue weighted by molar-refractivity contribution is -0.134. The predicted octanol–water partition coefficient (Wildman–Crippen LogP) is 2.77. The molecule has 78 valence electrons. The molecule has 0 aliphatic rings. The number of carbonyl (C=O) groups excluding carboxylic acids is 1. The Kier molecular flexibility index (Phi) is 4.65. The van der Waals surface area contributed by atoms with Crippen molar-refractivity contribution in [3.05, 3.63) is 35.9 Å². The summed E-state index contributed by atoms with van der Waals surface area (Å²) in [6.45, 7) is 0. The van der Waals surface area contributed by atoms with E-state index in [0.717, 1.165) is 5.56 Å². The highest BCUT2D eigenvalue weighted by Gasteiger charge is 2.12. The summed E-state index contributed by atoms with van der Waals surface area (Å²) in [5, 5.41) is 8.93. The number of benzene rings is 1. The number of nitrogens with zero attached hydrogens (tertiary/aromatic N) is 1. The van der Waals surface area contributed by atoms with Crippen molar-refractivity contribution in [3.8, 4) is 6.07 Å². The molecule has 0 aliphatic heterocycles. The molecule has 15 heavy (non-hydrogen) atoms. The zero-order valence-corrected chi connectivity index (χ0v) is 8.78. The zero-order valence-electron chi connectivity index (χ0n) is 8.02. The van der Waals surface area contributed by atoms with Crippen LogP contribution >= 0.6 is 11.9 Å². The molecule has 1 unspecified atom stereocenters. The van der Waals surface area contributed by atoms with Crippen LogP contribution in [0.25, 0.3) is 0 Å². The summed E-state index contributed by atoms with van der Waals surface area (Å²) < 4.78 is 4.00. The summed E-state index contributed by atoms with van der Waals surface area (Å²) in [5.74, 6) is -0.796. The first-order valence-electron chi connectivity index (χ1n) is 4.54. The third-order valence-electron chi connectivity index (χ3n) is 2.08. The molecule has 1 aromatic rings. The van der Waals surface area contributed by atoms with Crippen molar-refractivity contribution in [1.82, 2.24) is 0 Å². The van der Waals surface area contributed by atoms with E-state index in [1.807, 2.05) is 30.3 Å². The van der Waals surface area contributed by atoms with E-state index in [1.54, 1.807) is 0 Å². The molecular formula is C11H10ClNO2. The van der Waals surface area contributed by atoms with Crippen molar-refractivity contribution in [3.63, 3.8) is 0 Å². The van der Waals surface area contributed by atoms with Crippen LogP contribution in [0.3, 0.4) is 0 Å². The molecule has 0 aliphatic carbocycles. The molecule has 0 fully saturated rings. The van der Waals surface area contributed by atoms with Gasteiger partial charge in [0, 0.05) is 6.42 Å². The van der Waals surface area contributed by atoms with Crippen LogP contribution in [-0.2, 0) is 9.08 Å². The molecule has 0 bridgehead atoms. The summed E-state index contributed by atoms with van der Waals surface area (Å²) in [6, 6.07) is 11.5. The van der Waals surface area contributed by atoms with Gasteiger partial charge in [-0.25, -0.2) is 0 Å². The van der Waals surface area contributed by atoms with Crippen molar-refractivity contribution < 1.29 is 9.08 Å². The van der Waals surface area contributed by atoms with Crippen molar-refractivity contribution >= 4 is 17.8 Å². The van der Waals surface area contributed by atoms with Crippen LogP contribution in [0.15, 0.2) is 30.3 Å². The predicted molar refractivity (Wildman–Crippen MR) is 56.0 cm³/mol. The molecule has 0 N–H and O–H groups in total. The topological polar surface area (TPSA) is 50.1 Å². The quantitative estimate of drug-likeness (QED) is 0.789. The highest BCUT2D eigenvalue weighted by atomic mass is 35.5. The highest BCUT2D eigenvalue weighted by Crippen LogP contribution is 2.20. The lowest BCUT2D eigenvalue weighted by Gasteiger charge is -2.07. The van der Waals surface area contributed by atoms with E-state index < -0.39 is 5.97 Å². The second kappa shape index (κ2) is 6.05. The third kappa shape index (κ3) is 3.61. The molecule has 0 spiro atoms. The molecule has 1 aromatic carbocycles. The van der Waals surface area contributed by atoms with Crippen molar-refractivity contribution in [1.29, 1.82) is 5.26 Å². The van der Waals surface area contributed by atoms with Gasteiger partial charge in [0.1, 0.15) is 11.9 Å². The fourth-order valence-electron chi connectivity index (χ4n) is 1.29. The van der Waals surface area contributed by atoms with Crippen LogP contribution in [-0.4, -0.2) is 5.97 Å². The fraction of sp³-hybridized carbons (Fsp3) is 0.273. The number of hydrogen-bond acceptors (Lipinski definition) is 3. The van der Waals surface area contributed by atoms with E-state index in [1.165, 1.54) is 0 Å². The molecule has 0 aromatic heterocycles. The Hall–Kier alpha value is -1.53. The Morgan fingerprint density at radius 2 is 2.13 bits per heavy atom. The molecule has 1 atom stereocenters. The van der Waals surface area contributed by atoms with Gasteiger partial charge in [-0.2, -0.15) is 5.26 Å². The van der Waals surface area contributed by atoms with E-state index >= 15 is 0 Å². The standard InChI is InChI=1S/C11H10ClNO2/c12-15-11(14)7-6-10(8-13)9-4-2-1-3-5-9/h1-5,10H,6-7H2. The van der Waals surface area contributed by atoms with Crippen LogP contribution in [0.1, 0.15) is 24.3 Å². The Balaban J connectivity index is 2.59. The maximum Gasteiger partial charge on any atom is 0.324 e. The molecule has 0 heterocycles. The second-order valence-electron chi connectivity index (χ2n) is 3.08. The molecule has 4 heteroatoms. The van der Waals surface area contributed by atoms with E-state index in [-0.39, 0.29) is 12.3 Å². The minimum Gasteiger partial charge on any atom is -0.348 e. The van der Waals surface area contributed by atoms with Crippen LogP contribution in [0.2, 0.25) is 0 Å². The van der Waals surface area contributed by atoms with Gasteiger partial charge in [0.25, 0.3) is 0 Å². The number of carbonyl (C=O) groups is 1. The monoisotopic (exact) mass is 223 g/mol. The normalized spacial score (nSPS) is 11.5. The molecular weight excluding hydrogens is 214 g/mol. The first-order chi connectivity index (χ1) is 7.27. The molecule has 0 amide bonds. The van der Waals surface area contributed by atoms with Crippen molar-refractivity contribution in [2.45, 2.75) is 18.8 Å². The number of rotatable bonds is 4. The average Bonchev–Trinajstić information content (AvgIpc) is 2.31. The first kappa shape index (κ1) is 11.5. The van der Waals surface area contributed by atoms with Gasteiger partial charge < -0.3 is 4.29 Å². The van der Waals surface area contributed by atoms with Gasteiger partial charge in [0.15, 0.2) is 0 Å². The second-order valence-corrected chi connectivity index (χ2v) is 3.23. The minimum absolute atomic E-state index is 0.149. The average molecular weight is 224 g/mol. The molecule has 3 nitrogen and oxygen atoms in total. The molecule has 0 saturated carbocycles. The summed E-state index contributed by atoms with van der Waals surface area (Å²) in [6.07, 6.45) is 0.572. The number of halogens is 1. The summed E-state index contributed by atoms with van der Waals surface area (Å²) >= 11 is 4.89. The largest absolute Gasteiger partial charge is 0.348 e. The summed E-state index contributed by atoms with van der Waals surface area (Å²) in [5.41, 5.74) is 0.905. The van der Waals surface area contributed by atoms with Gasteiger partial charge in [-0.15, -0.1) is 0 Å². The van der Waals surface area contributed by atoms with Crippen LogP contribution in [0.4, 0.5) is 0 Å². The number of hydrogen-bond donors (Lipinski definition) is 0. The number of nitriles is 1. The summed E-state index contributed by atoms with van der Waals surface area (Å²) in [4.78, 5) is 10.8. The lowest BCUT2D eigenvalue weighted by atomic mass is 9.96. The molecule has 0 saturated heterocycles. The van der Waals surface area contributed by atoms with Gasteiger partial charge >= 0.3 is 5.97 Å². The molecule has 1 rings (SSSR count). The van der Waals surface area contributed by atoms with Gasteiger partial charge in [0.2, 0.25) is 0 Å². The van der Waals surface area contributed by atoms with E-state index in [2.05, 4.69) is 10.4 Å². The van der Waals surface area contributed by atoms with Gasteiger partial charge in [-0.1, -0.05) is 30.3 Å². The highest BCUT2D eigenvalue weighted by molar-refractivity contribution is 6.13. The summed E-state index contributed by atoms with van der Waals surface area (Å²) in [7, 11) is 0. The molecule has 0 radical (unpaired) electrons. The minimum atomic E-state index is -0.507. The van der Waals surface area contributed by atoms with Gasteiger partial charge in [-0.3, -0.25) is 4.79 Å². The smallest absolute Gasteiger partial charge is 0.324 e. The van der Waals surface area contributed by atoms with E-state index in [9.17, 15) is 4.79 Å². The SMILES string of the molecule is N#CC(CCC(=O)OCl)c1ccccc1. The fourth-order valence-corrected chi connectivity index (χ4v) is 1.37. The van der Waals surface area contributed by atoms with Crippen molar-refractivity contribution in [2.75, 3.05) is 0 Å². The van der Waals surface area contributed by atoms with Crippen molar-refractivity contribution in [2.24, 2.45) is 0 Å². The Bertz CT molecular complexity index is 359. The van der Waals surface area contributed by atoms with E-state index in [4.69, 9.17) is 17.1 Å². The Labute approximate surface area is 93.4 Å². The van der Waals surface area contributed by atoms with Crippen LogP contribution in [0.5, 0.6) is 0 Å². The zero-order chi connectivity index (χ0) is 11.1. The maximum atomic E-state index is 10.8. The maximum absolute atomic E-state index is 10.8. The van der Waals surface area contributed by atoms with Gasteiger partial charge in [-0.05, 0) is 12.0 Å². The van der Waals surface area contributed by atoms with E-state index in [0.29, 0.717) is 6.42 Å². The van der Waals surface area contributed by atoms with Gasteiger partial charge in [0.05, 0.1) is 12.0 Å².